The Balaban J connectivity index is 0.000000144. The van der Waals surface area contributed by atoms with E-state index in [1.165, 1.54) is 74.3 Å². The van der Waals surface area contributed by atoms with Crippen molar-refractivity contribution < 1.29 is 0 Å². The molecule has 0 nitrogen and oxygen atoms in total. The molecule has 0 aliphatic carbocycles. The molecule has 0 saturated carbocycles. The molecule has 0 radical (unpaired) electrons. The molecule has 0 fully saturated rings. The molecule has 0 amide bonds. The van der Waals surface area contributed by atoms with Crippen LogP contribution in [0, 0.1) is 0 Å². The van der Waals surface area contributed by atoms with Gasteiger partial charge in [0, 0.05) is 0 Å². The van der Waals surface area contributed by atoms with Gasteiger partial charge in [-0.1, -0.05) is 123 Å². The van der Waals surface area contributed by atoms with E-state index in [4.69, 9.17) is 0 Å². The van der Waals surface area contributed by atoms with Crippen molar-refractivity contribution in [3.05, 3.63) is 121 Å². The minimum Gasteiger partial charge on any atom is -0.0654 e. The predicted octanol–water partition coefficient (Wildman–Crippen LogP) is 9.72. The Morgan fingerprint density at radius 2 is 0.970 bits per heavy atom. The van der Waals surface area contributed by atoms with Crippen molar-refractivity contribution in [2.24, 2.45) is 0 Å². The highest BCUT2D eigenvalue weighted by Gasteiger charge is 2.03. The second kappa shape index (κ2) is 9.88. The third kappa shape index (κ3) is 4.61. The van der Waals surface area contributed by atoms with Gasteiger partial charge in [-0.2, -0.15) is 0 Å². The first kappa shape index (κ1) is 21.2. The number of benzene rings is 6. The summed E-state index contributed by atoms with van der Waals surface area (Å²) in [6.07, 6.45) is 5.10. The van der Waals surface area contributed by atoms with Crippen LogP contribution in [0.3, 0.4) is 0 Å². The molecule has 0 bridgehead atoms. The fourth-order valence-corrected chi connectivity index (χ4v) is 4.77. The summed E-state index contributed by atoms with van der Waals surface area (Å²) in [6.45, 7) is 2.26. The van der Waals surface area contributed by atoms with Crippen LogP contribution in [0.4, 0.5) is 0 Å². The zero-order chi connectivity index (χ0) is 22.5. The predicted molar refractivity (Wildman–Crippen MR) is 146 cm³/mol. The number of hydrogen-bond acceptors (Lipinski definition) is 0. The largest absolute Gasteiger partial charge is 0.0654 e. The number of hydrogen-bond donors (Lipinski definition) is 0. The number of unbranched alkanes of at least 4 members (excludes halogenated alkanes) is 2. The van der Waals surface area contributed by atoms with Crippen LogP contribution in [0.1, 0.15) is 31.7 Å². The Bertz CT molecular complexity index is 1470. The SMILES string of the molecule is CCCCCc1cccc2cc3ccccc3cc12.c1ccc2c(c1)ccc1ccccc12. The molecule has 0 aliphatic rings. The molecule has 6 rings (SSSR count). The number of aryl methyl sites for hydroxylation is 1. The van der Waals surface area contributed by atoms with Crippen LogP contribution >= 0.6 is 0 Å². The first-order valence-electron chi connectivity index (χ1n) is 12.1. The lowest BCUT2D eigenvalue weighted by molar-refractivity contribution is 0.720. The van der Waals surface area contributed by atoms with Gasteiger partial charge in [-0.15, -0.1) is 0 Å². The van der Waals surface area contributed by atoms with Crippen LogP contribution < -0.4 is 0 Å². The summed E-state index contributed by atoms with van der Waals surface area (Å²) in [5, 5.41) is 10.8. The highest BCUT2D eigenvalue weighted by Crippen LogP contribution is 2.27. The van der Waals surface area contributed by atoms with E-state index in [2.05, 4.69) is 122 Å². The first-order chi connectivity index (χ1) is 16.3. The summed E-state index contributed by atoms with van der Waals surface area (Å²) in [7, 11) is 0. The van der Waals surface area contributed by atoms with Gasteiger partial charge in [-0.25, -0.2) is 0 Å². The molecule has 0 unspecified atom stereocenters. The Hall–Kier alpha value is -3.64. The monoisotopic (exact) mass is 426 g/mol. The van der Waals surface area contributed by atoms with E-state index in [1.807, 2.05) is 0 Å². The maximum absolute atomic E-state index is 2.35. The topological polar surface area (TPSA) is 0 Å². The van der Waals surface area contributed by atoms with Gasteiger partial charge in [0.25, 0.3) is 0 Å². The third-order valence-corrected chi connectivity index (χ3v) is 6.54. The average molecular weight is 427 g/mol. The fraction of sp³-hybridized carbons (Fsp3) is 0.152. The Morgan fingerprint density at radius 1 is 0.424 bits per heavy atom. The Kier molecular flexibility index (Phi) is 6.35. The van der Waals surface area contributed by atoms with E-state index in [0.717, 1.165) is 0 Å². The summed E-state index contributed by atoms with van der Waals surface area (Å²) in [6, 6.07) is 41.4. The molecule has 33 heavy (non-hydrogen) atoms. The number of rotatable bonds is 4. The molecular weight excluding hydrogens is 396 g/mol. The lowest BCUT2D eigenvalue weighted by Gasteiger charge is -2.08. The van der Waals surface area contributed by atoms with Gasteiger partial charge in [-0.3, -0.25) is 0 Å². The molecule has 6 aromatic rings. The molecule has 0 aliphatic heterocycles. The maximum Gasteiger partial charge on any atom is -0.0105 e. The molecule has 6 aromatic carbocycles. The third-order valence-electron chi connectivity index (χ3n) is 6.54. The van der Waals surface area contributed by atoms with Gasteiger partial charge in [0.05, 0.1) is 0 Å². The summed E-state index contributed by atoms with van der Waals surface area (Å²) in [5.41, 5.74) is 1.50. The Morgan fingerprint density at radius 3 is 1.61 bits per heavy atom. The second-order valence-corrected chi connectivity index (χ2v) is 8.80. The molecule has 0 saturated heterocycles. The van der Waals surface area contributed by atoms with Crippen LogP contribution in [-0.2, 0) is 6.42 Å². The van der Waals surface area contributed by atoms with Crippen molar-refractivity contribution in [2.45, 2.75) is 32.6 Å². The molecule has 0 aromatic heterocycles. The zero-order valence-electron chi connectivity index (χ0n) is 19.3. The van der Waals surface area contributed by atoms with Crippen LogP contribution in [-0.4, -0.2) is 0 Å². The molecular formula is C33H30. The summed E-state index contributed by atoms with van der Waals surface area (Å²) >= 11 is 0. The molecule has 0 heteroatoms. The average Bonchev–Trinajstić information content (AvgIpc) is 2.88. The van der Waals surface area contributed by atoms with Gasteiger partial charge in [0.2, 0.25) is 0 Å². The van der Waals surface area contributed by atoms with Gasteiger partial charge in [0.1, 0.15) is 0 Å². The van der Waals surface area contributed by atoms with Crippen molar-refractivity contribution in [1.29, 1.82) is 0 Å². The lowest BCUT2D eigenvalue weighted by atomic mass is 9.97. The minimum absolute atomic E-state index is 1.20. The van der Waals surface area contributed by atoms with Crippen LogP contribution in [0.2, 0.25) is 0 Å². The van der Waals surface area contributed by atoms with Crippen molar-refractivity contribution >= 4 is 43.1 Å². The van der Waals surface area contributed by atoms with Crippen molar-refractivity contribution in [1.82, 2.24) is 0 Å². The standard InChI is InChI=1S/C19H20.C14H10/c1-2-3-4-8-15-11-7-12-18-13-16-9-5-6-10-17(16)14-19(15)18;1-3-7-13-11(5-1)9-10-12-6-2-4-8-14(12)13/h5-7,9-14H,2-4,8H2,1H3;1-10H. The van der Waals surface area contributed by atoms with Gasteiger partial charge >= 0.3 is 0 Å². The highest BCUT2D eigenvalue weighted by atomic mass is 14.1. The molecule has 0 heterocycles. The van der Waals surface area contributed by atoms with E-state index in [9.17, 15) is 0 Å². The quantitative estimate of drug-likeness (QED) is 0.149. The van der Waals surface area contributed by atoms with E-state index < -0.39 is 0 Å². The van der Waals surface area contributed by atoms with E-state index in [1.54, 1.807) is 0 Å². The zero-order valence-corrected chi connectivity index (χ0v) is 19.3. The second-order valence-electron chi connectivity index (χ2n) is 8.80. The van der Waals surface area contributed by atoms with Gasteiger partial charge in [0.15, 0.2) is 0 Å². The molecule has 0 N–H and O–H groups in total. The number of fused-ring (bicyclic) bond motifs is 5. The van der Waals surface area contributed by atoms with Crippen LogP contribution in [0.25, 0.3) is 43.1 Å². The van der Waals surface area contributed by atoms with Gasteiger partial charge < -0.3 is 0 Å². The van der Waals surface area contributed by atoms with E-state index >= 15 is 0 Å². The van der Waals surface area contributed by atoms with Crippen LogP contribution in [0.15, 0.2) is 115 Å². The Labute approximate surface area is 196 Å². The normalized spacial score (nSPS) is 11.1. The lowest BCUT2D eigenvalue weighted by Crippen LogP contribution is -1.88. The summed E-state index contributed by atoms with van der Waals surface area (Å²) < 4.78 is 0. The first-order valence-corrected chi connectivity index (χ1v) is 12.1. The molecule has 0 spiro atoms. The summed E-state index contributed by atoms with van der Waals surface area (Å²) in [5.74, 6) is 0. The smallest absolute Gasteiger partial charge is 0.0105 e. The van der Waals surface area contributed by atoms with E-state index in [-0.39, 0.29) is 0 Å². The van der Waals surface area contributed by atoms with E-state index in [0.29, 0.717) is 0 Å². The van der Waals surface area contributed by atoms with Crippen LogP contribution in [0.5, 0.6) is 0 Å². The minimum atomic E-state index is 1.20. The maximum atomic E-state index is 2.35. The summed E-state index contributed by atoms with van der Waals surface area (Å²) in [4.78, 5) is 0. The van der Waals surface area contributed by atoms with Crippen molar-refractivity contribution in [3.63, 3.8) is 0 Å². The molecule has 0 atom stereocenters. The molecule has 162 valence electrons. The van der Waals surface area contributed by atoms with Crippen molar-refractivity contribution in [3.8, 4) is 0 Å². The highest BCUT2D eigenvalue weighted by molar-refractivity contribution is 6.07. The fourth-order valence-electron chi connectivity index (χ4n) is 4.77. The van der Waals surface area contributed by atoms with Crippen molar-refractivity contribution in [2.75, 3.05) is 0 Å². The van der Waals surface area contributed by atoms with Gasteiger partial charge in [-0.05, 0) is 73.6 Å².